The van der Waals surface area contributed by atoms with Crippen LogP contribution in [0.3, 0.4) is 0 Å². The number of anilines is 1. The van der Waals surface area contributed by atoms with Gasteiger partial charge in [0, 0.05) is 43.0 Å². The molecule has 2 aliphatic heterocycles. The van der Waals surface area contributed by atoms with Gasteiger partial charge in [-0.15, -0.1) is 0 Å². The SMILES string of the molecule is CN1CC2CN(C(=O)Cn3cc(N)c(-c4cc(Cl)ccc4OC(F)F)n3)CC2C1. The van der Waals surface area contributed by atoms with E-state index in [1.165, 1.54) is 29.1 Å². The van der Waals surface area contributed by atoms with Crippen molar-refractivity contribution >= 4 is 23.2 Å². The Kier molecular flexibility index (Phi) is 5.35. The second-order valence-corrected chi connectivity index (χ2v) is 8.13. The van der Waals surface area contributed by atoms with Crippen LogP contribution in [0, 0.1) is 11.8 Å². The number of likely N-dealkylation sites (tertiary alicyclic amines) is 2. The summed E-state index contributed by atoms with van der Waals surface area (Å²) in [4.78, 5) is 16.9. The molecule has 2 N–H and O–H groups in total. The minimum atomic E-state index is -2.99. The molecule has 2 atom stereocenters. The van der Waals surface area contributed by atoms with Crippen LogP contribution in [0.1, 0.15) is 0 Å². The number of nitrogen functional groups attached to an aromatic ring is 1. The lowest BCUT2D eigenvalue weighted by atomic mass is 10.0. The Hall–Kier alpha value is -2.39. The van der Waals surface area contributed by atoms with E-state index in [-0.39, 0.29) is 35.1 Å². The van der Waals surface area contributed by atoms with Gasteiger partial charge in [0.1, 0.15) is 18.0 Å². The van der Waals surface area contributed by atoms with Crippen LogP contribution in [0.4, 0.5) is 14.5 Å². The Bertz CT molecular complexity index is 908. The van der Waals surface area contributed by atoms with Gasteiger partial charge < -0.3 is 20.3 Å². The van der Waals surface area contributed by atoms with E-state index in [1.807, 2.05) is 4.90 Å². The molecular formula is C19H22ClF2N5O2. The number of halogens is 3. The van der Waals surface area contributed by atoms with Gasteiger partial charge in [-0.2, -0.15) is 13.9 Å². The first-order valence-electron chi connectivity index (χ1n) is 9.34. The van der Waals surface area contributed by atoms with Crippen LogP contribution in [-0.2, 0) is 11.3 Å². The van der Waals surface area contributed by atoms with E-state index in [4.69, 9.17) is 17.3 Å². The second kappa shape index (κ2) is 7.79. The number of nitrogens with zero attached hydrogens (tertiary/aromatic N) is 4. The van der Waals surface area contributed by atoms with E-state index >= 15 is 0 Å². The molecule has 2 unspecified atom stereocenters. The van der Waals surface area contributed by atoms with E-state index in [2.05, 4.69) is 21.8 Å². The molecule has 2 saturated heterocycles. The molecule has 7 nitrogen and oxygen atoms in total. The monoisotopic (exact) mass is 425 g/mol. The maximum Gasteiger partial charge on any atom is 0.387 e. The molecule has 0 bridgehead atoms. The number of rotatable bonds is 5. The highest BCUT2D eigenvalue weighted by Crippen LogP contribution is 2.36. The number of amides is 1. The van der Waals surface area contributed by atoms with Crippen LogP contribution < -0.4 is 10.5 Å². The molecule has 0 aliphatic carbocycles. The summed E-state index contributed by atoms with van der Waals surface area (Å²) in [5.74, 6) is 0.917. The molecule has 29 heavy (non-hydrogen) atoms. The van der Waals surface area contributed by atoms with Crippen molar-refractivity contribution in [3.05, 3.63) is 29.4 Å². The zero-order valence-electron chi connectivity index (χ0n) is 15.9. The summed E-state index contributed by atoms with van der Waals surface area (Å²) >= 11 is 6.01. The number of hydrogen-bond acceptors (Lipinski definition) is 5. The van der Waals surface area contributed by atoms with Crippen molar-refractivity contribution < 1.29 is 18.3 Å². The summed E-state index contributed by atoms with van der Waals surface area (Å²) in [5.41, 5.74) is 6.79. The van der Waals surface area contributed by atoms with Gasteiger partial charge in [0.25, 0.3) is 0 Å². The van der Waals surface area contributed by atoms with Crippen molar-refractivity contribution in [1.29, 1.82) is 0 Å². The van der Waals surface area contributed by atoms with Crippen molar-refractivity contribution in [2.45, 2.75) is 13.2 Å². The highest BCUT2D eigenvalue weighted by atomic mass is 35.5. The fraction of sp³-hybridized carbons (Fsp3) is 0.474. The lowest BCUT2D eigenvalue weighted by Gasteiger charge is -2.19. The van der Waals surface area contributed by atoms with E-state index in [9.17, 15) is 13.6 Å². The molecule has 2 fully saturated rings. The van der Waals surface area contributed by atoms with E-state index < -0.39 is 6.61 Å². The molecule has 3 heterocycles. The van der Waals surface area contributed by atoms with E-state index in [0.717, 1.165) is 26.2 Å². The predicted octanol–water partition coefficient (Wildman–Crippen LogP) is 2.41. The van der Waals surface area contributed by atoms with Crippen LogP contribution in [0.15, 0.2) is 24.4 Å². The highest BCUT2D eigenvalue weighted by Gasteiger charge is 2.40. The molecule has 0 saturated carbocycles. The van der Waals surface area contributed by atoms with Gasteiger partial charge >= 0.3 is 6.61 Å². The minimum absolute atomic E-state index is 0.0328. The molecule has 1 amide bonds. The first kappa shape index (κ1) is 19.9. The van der Waals surface area contributed by atoms with Crippen molar-refractivity contribution in [3.63, 3.8) is 0 Å². The molecule has 0 radical (unpaired) electrons. The average molecular weight is 426 g/mol. The zero-order valence-corrected chi connectivity index (χ0v) is 16.6. The third-order valence-corrected chi connectivity index (χ3v) is 5.76. The number of nitrogens with two attached hydrogens (primary N) is 1. The maximum absolute atomic E-state index is 12.7. The Balaban J connectivity index is 1.50. The quantitative estimate of drug-likeness (QED) is 0.796. The van der Waals surface area contributed by atoms with E-state index in [1.54, 1.807) is 0 Å². The van der Waals surface area contributed by atoms with Crippen molar-refractivity contribution in [2.75, 3.05) is 39.0 Å². The van der Waals surface area contributed by atoms with Gasteiger partial charge in [-0.3, -0.25) is 9.48 Å². The van der Waals surface area contributed by atoms with Crippen molar-refractivity contribution in [2.24, 2.45) is 11.8 Å². The Labute approximate surface area is 172 Å². The number of aromatic nitrogens is 2. The second-order valence-electron chi connectivity index (χ2n) is 7.69. The number of alkyl halides is 2. The summed E-state index contributed by atoms with van der Waals surface area (Å²) in [7, 11) is 2.10. The molecule has 10 heteroatoms. The zero-order chi connectivity index (χ0) is 20.7. The first-order valence-corrected chi connectivity index (χ1v) is 9.72. The number of hydrogen-bond donors (Lipinski definition) is 1. The molecule has 1 aromatic heterocycles. The number of fused-ring (bicyclic) bond motifs is 1. The lowest BCUT2D eigenvalue weighted by molar-refractivity contribution is -0.131. The summed E-state index contributed by atoms with van der Waals surface area (Å²) < 4.78 is 31.4. The largest absolute Gasteiger partial charge is 0.434 e. The number of carbonyl (C=O) groups excluding carboxylic acids is 1. The first-order chi connectivity index (χ1) is 13.8. The van der Waals surface area contributed by atoms with Gasteiger partial charge in [-0.1, -0.05) is 11.6 Å². The summed E-state index contributed by atoms with van der Waals surface area (Å²) in [6.45, 7) is 0.555. The molecule has 2 aromatic rings. The summed E-state index contributed by atoms with van der Waals surface area (Å²) in [6.07, 6.45) is 1.52. The number of ether oxygens (including phenoxy) is 1. The van der Waals surface area contributed by atoms with Gasteiger partial charge in [-0.05, 0) is 37.1 Å². The third kappa shape index (κ3) is 4.16. The number of benzene rings is 1. The van der Waals surface area contributed by atoms with Crippen LogP contribution in [-0.4, -0.2) is 65.3 Å². The van der Waals surface area contributed by atoms with E-state index in [0.29, 0.717) is 16.9 Å². The van der Waals surface area contributed by atoms with Gasteiger partial charge in [0.2, 0.25) is 5.91 Å². The van der Waals surface area contributed by atoms with Crippen molar-refractivity contribution in [1.82, 2.24) is 19.6 Å². The fourth-order valence-corrected chi connectivity index (χ4v) is 4.46. The number of carbonyl (C=O) groups is 1. The normalized spacial score (nSPS) is 21.8. The molecule has 2 aliphatic rings. The third-order valence-electron chi connectivity index (χ3n) is 5.52. The Morgan fingerprint density at radius 1 is 1.31 bits per heavy atom. The van der Waals surface area contributed by atoms with Gasteiger partial charge in [0.15, 0.2) is 0 Å². The smallest absolute Gasteiger partial charge is 0.387 e. The molecule has 4 rings (SSSR count). The summed E-state index contributed by atoms with van der Waals surface area (Å²) in [5, 5.41) is 4.67. The topological polar surface area (TPSA) is 76.6 Å². The molecule has 156 valence electrons. The summed E-state index contributed by atoms with van der Waals surface area (Å²) in [6, 6.07) is 4.25. The Morgan fingerprint density at radius 3 is 2.66 bits per heavy atom. The van der Waals surface area contributed by atoms with Crippen molar-refractivity contribution in [3.8, 4) is 17.0 Å². The van der Waals surface area contributed by atoms with Gasteiger partial charge in [0.05, 0.1) is 5.69 Å². The van der Waals surface area contributed by atoms with Crippen LogP contribution in [0.25, 0.3) is 11.3 Å². The lowest BCUT2D eigenvalue weighted by Crippen LogP contribution is -2.34. The minimum Gasteiger partial charge on any atom is -0.434 e. The molecular weight excluding hydrogens is 404 g/mol. The average Bonchev–Trinajstić information content (AvgIpc) is 3.28. The predicted molar refractivity (Wildman–Crippen MR) is 105 cm³/mol. The Morgan fingerprint density at radius 2 is 2.00 bits per heavy atom. The highest BCUT2D eigenvalue weighted by molar-refractivity contribution is 6.31. The standard InChI is InChI=1S/C19H22ClF2N5O2/c1-25-5-11-7-26(8-12(11)6-25)17(28)10-27-9-15(23)18(24-27)14-4-13(20)2-3-16(14)29-19(21)22/h2-4,9,11-12,19H,5-8,10,23H2,1H3. The van der Waals surface area contributed by atoms with Gasteiger partial charge in [-0.25, -0.2) is 0 Å². The van der Waals surface area contributed by atoms with Crippen LogP contribution >= 0.6 is 11.6 Å². The molecule has 1 aromatic carbocycles. The maximum atomic E-state index is 12.7. The van der Waals surface area contributed by atoms with Crippen LogP contribution in [0.2, 0.25) is 5.02 Å². The fourth-order valence-electron chi connectivity index (χ4n) is 4.28. The van der Waals surface area contributed by atoms with Crippen LogP contribution in [0.5, 0.6) is 5.75 Å². The molecule has 0 spiro atoms.